The van der Waals surface area contributed by atoms with Gasteiger partial charge in [-0.1, -0.05) is 23.5 Å². The number of esters is 1. The highest BCUT2D eigenvalue weighted by atomic mass is 79.9. The van der Waals surface area contributed by atoms with Gasteiger partial charge in [-0.3, -0.25) is 9.36 Å². The van der Waals surface area contributed by atoms with E-state index >= 15 is 0 Å². The number of halogens is 1. The summed E-state index contributed by atoms with van der Waals surface area (Å²) in [7, 11) is 1.54. The number of rotatable bonds is 9. The Labute approximate surface area is 243 Å². The standard InChI is InChI=1S/C29H28BrN3O6S/c1-6-37-28(35)25-17(4)32-29-33(26(25)19-8-10-22(39-16(2)3)23(15-19)36-5)27(34)24(40-29)14-18-7-9-21(20(30)13-18)38-12-11-31/h7-10,13-16,26H,6,12H2,1-5H3/b24-14-/t26-/m0/s1. The second-order valence-electron chi connectivity index (χ2n) is 9.02. The lowest BCUT2D eigenvalue weighted by Crippen LogP contribution is -2.40. The molecule has 0 N–H and O–H groups in total. The Balaban J connectivity index is 1.89. The molecular formula is C29H28BrN3O6S. The summed E-state index contributed by atoms with van der Waals surface area (Å²) in [5.41, 5.74) is 1.85. The van der Waals surface area contributed by atoms with Gasteiger partial charge in [-0.2, -0.15) is 5.26 Å². The first-order valence-corrected chi connectivity index (χ1v) is 14.1. The maximum atomic E-state index is 13.9. The fourth-order valence-corrected chi connectivity index (χ4v) is 5.86. The summed E-state index contributed by atoms with van der Waals surface area (Å²) in [6, 6.07) is 11.8. The molecule has 208 valence electrons. The zero-order chi connectivity index (χ0) is 29.0. The molecule has 0 aliphatic carbocycles. The van der Waals surface area contributed by atoms with Crippen LogP contribution in [0.2, 0.25) is 0 Å². The molecule has 9 nitrogen and oxygen atoms in total. The number of benzene rings is 2. The molecule has 1 aliphatic heterocycles. The minimum absolute atomic E-state index is 0.0679. The highest BCUT2D eigenvalue weighted by Gasteiger charge is 2.34. The van der Waals surface area contributed by atoms with Crippen molar-refractivity contribution in [3.63, 3.8) is 0 Å². The number of allylic oxidation sites excluding steroid dienone is 1. The van der Waals surface area contributed by atoms with Crippen molar-refractivity contribution in [2.75, 3.05) is 20.3 Å². The first-order valence-electron chi connectivity index (χ1n) is 12.5. The molecule has 1 aromatic heterocycles. The van der Waals surface area contributed by atoms with Crippen molar-refractivity contribution in [3.05, 3.63) is 83.0 Å². The predicted molar refractivity (Wildman–Crippen MR) is 154 cm³/mol. The maximum absolute atomic E-state index is 13.9. The molecule has 0 amide bonds. The van der Waals surface area contributed by atoms with E-state index in [9.17, 15) is 9.59 Å². The molecule has 0 saturated heterocycles. The highest BCUT2D eigenvalue weighted by Crippen LogP contribution is 2.36. The Kier molecular flexibility index (Phi) is 9.12. The van der Waals surface area contributed by atoms with Gasteiger partial charge in [0.25, 0.3) is 5.56 Å². The van der Waals surface area contributed by atoms with Gasteiger partial charge in [0, 0.05) is 0 Å². The molecule has 40 heavy (non-hydrogen) atoms. The quantitative estimate of drug-likeness (QED) is 0.327. The third-order valence-corrected chi connectivity index (χ3v) is 7.53. The summed E-state index contributed by atoms with van der Waals surface area (Å²) < 4.78 is 24.8. The van der Waals surface area contributed by atoms with Crippen LogP contribution in [-0.2, 0) is 9.53 Å². The van der Waals surface area contributed by atoms with Crippen LogP contribution in [0.25, 0.3) is 6.08 Å². The normalized spacial score (nSPS) is 14.8. The Morgan fingerprint density at radius 2 is 1.98 bits per heavy atom. The van der Waals surface area contributed by atoms with Gasteiger partial charge in [0.2, 0.25) is 0 Å². The second kappa shape index (κ2) is 12.5. The van der Waals surface area contributed by atoms with E-state index < -0.39 is 12.0 Å². The third-order valence-electron chi connectivity index (χ3n) is 5.93. The zero-order valence-electron chi connectivity index (χ0n) is 22.7. The molecule has 4 rings (SSSR count). The van der Waals surface area contributed by atoms with Gasteiger partial charge in [0.15, 0.2) is 22.9 Å². The lowest BCUT2D eigenvalue weighted by atomic mass is 9.95. The van der Waals surface area contributed by atoms with Gasteiger partial charge >= 0.3 is 5.97 Å². The number of methoxy groups -OCH3 is 1. The minimum atomic E-state index is -0.784. The molecule has 0 bridgehead atoms. The average molecular weight is 627 g/mol. The van der Waals surface area contributed by atoms with Gasteiger partial charge in [0.05, 0.1) is 46.1 Å². The number of carbonyl (C=O) groups is 1. The van der Waals surface area contributed by atoms with Crippen LogP contribution in [0, 0.1) is 11.3 Å². The number of hydrogen-bond acceptors (Lipinski definition) is 9. The Hall–Kier alpha value is -3.88. The highest BCUT2D eigenvalue weighted by molar-refractivity contribution is 9.10. The first kappa shape index (κ1) is 29.1. The van der Waals surface area contributed by atoms with Gasteiger partial charge in [0.1, 0.15) is 11.8 Å². The number of fused-ring (bicyclic) bond motifs is 1. The molecule has 0 spiro atoms. The van der Waals surface area contributed by atoms with Gasteiger partial charge in [-0.25, -0.2) is 9.79 Å². The van der Waals surface area contributed by atoms with Crippen LogP contribution in [0.5, 0.6) is 17.2 Å². The largest absolute Gasteiger partial charge is 0.493 e. The van der Waals surface area contributed by atoms with E-state index in [1.54, 1.807) is 57.4 Å². The summed E-state index contributed by atoms with van der Waals surface area (Å²) in [4.78, 5) is 32.1. The number of carbonyl (C=O) groups excluding carboxylic acids is 1. The molecule has 0 unspecified atom stereocenters. The van der Waals surface area contributed by atoms with E-state index in [2.05, 4.69) is 20.9 Å². The SMILES string of the molecule is CCOC(=O)C1=C(C)N=c2s/c(=C\c3ccc(OCC#N)c(Br)c3)c(=O)n2[C@H]1c1ccc(OC(C)C)c(OC)c1. The molecule has 0 fully saturated rings. The van der Waals surface area contributed by atoms with Crippen LogP contribution in [-0.4, -0.2) is 37.0 Å². The average Bonchev–Trinajstić information content (AvgIpc) is 3.21. The van der Waals surface area contributed by atoms with Crippen molar-refractivity contribution in [1.82, 2.24) is 4.57 Å². The van der Waals surface area contributed by atoms with E-state index in [4.69, 9.17) is 24.2 Å². The lowest BCUT2D eigenvalue weighted by molar-refractivity contribution is -0.139. The van der Waals surface area contributed by atoms with E-state index in [-0.39, 0.29) is 30.5 Å². The molecule has 11 heteroatoms. The second-order valence-corrected chi connectivity index (χ2v) is 10.9. The topological polar surface area (TPSA) is 112 Å². The number of hydrogen-bond donors (Lipinski definition) is 0. The number of aromatic nitrogens is 1. The smallest absolute Gasteiger partial charge is 0.338 e. The van der Waals surface area contributed by atoms with Crippen molar-refractivity contribution < 1.29 is 23.7 Å². The predicted octanol–water partition coefficient (Wildman–Crippen LogP) is 4.26. The summed E-state index contributed by atoms with van der Waals surface area (Å²) in [5, 5.41) is 8.77. The van der Waals surface area contributed by atoms with Crippen LogP contribution >= 0.6 is 27.3 Å². The molecule has 0 saturated carbocycles. The Morgan fingerprint density at radius 3 is 2.62 bits per heavy atom. The van der Waals surface area contributed by atoms with E-state index in [0.717, 1.165) is 5.56 Å². The molecular weight excluding hydrogens is 598 g/mol. The molecule has 2 heterocycles. The summed E-state index contributed by atoms with van der Waals surface area (Å²) >= 11 is 4.68. The van der Waals surface area contributed by atoms with Gasteiger partial charge < -0.3 is 18.9 Å². The van der Waals surface area contributed by atoms with Gasteiger partial charge in [-0.15, -0.1) is 0 Å². The van der Waals surface area contributed by atoms with Crippen LogP contribution in [0.15, 0.2) is 61.9 Å². The molecule has 1 atom stereocenters. The summed E-state index contributed by atoms with van der Waals surface area (Å²) in [6.45, 7) is 7.41. The van der Waals surface area contributed by atoms with Crippen molar-refractivity contribution in [1.29, 1.82) is 5.26 Å². The van der Waals surface area contributed by atoms with Crippen molar-refractivity contribution in [2.24, 2.45) is 4.99 Å². The minimum Gasteiger partial charge on any atom is -0.493 e. The summed E-state index contributed by atoms with van der Waals surface area (Å²) in [5.74, 6) is 1.02. The number of nitriles is 1. The third kappa shape index (κ3) is 5.98. The van der Waals surface area contributed by atoms with E-state index in [1.807, 2.05) is 26.0 Å². The summed E-state index contributed by atoms with van der Waals surface area (Å²) in [6.07, 6.45) is 1.69. The van der Waals surface area contributed by atoms with Crippen LogP contribution in [0.3, 0.4) is 0 Å². The fraction of sp³-hybridized carbons (Fsp3) is 0.310. The van der Waals surface area contributed by atoms with E-state index in [0.29, 0.717) is 42.3 Å². The lowest BCUT2D eigenvalue weighted by Gasteiger charge is -2.25. The first-order chi connectivity index (χ1) is 19.2. The van der Waals surface area contributed by atoms with Crippen LogP contribution in [0.1, 0.15) is 44.9 Å². The number of thiazole rings is 1. The van der Waals surface area contributed by atoms with Crippen molar-refractivity contribution in [3.8, 4) is 23.3 Å². The van der Waals surface area contributed by atoms with Gasteiger partial charge in [-0.05, 0) is 85.1 Å². The Bertz CT molecular complexity index is 1700. The zero-order valence-corrected chi connectivity index (χ0v) is 25.1. The van der Waals surface area contributed by atoms with Crippen LogP contribution in [0.4, 0.5) is 0 Å². The van der Waals surface area contributed by atoms with Crippen molar-refractivity contribution >= 4 is 39.3 Å². The molecule has 0 radical (unpaired) electrons. The fourth-order valence-electron chi connectivity index (χ4n) is 4.30. The monoisotopic (exact) mass is 625 g/mol. The van der Waals surface area contributed by atoms with E-state index in [1.165, 1.54) is 15.9 Å². The Morgan fingerprint density at radius 1 is 1.23 bits per heavy atom. The van der Waals surface area contributed by atoms with Crippen molar-refractivity contribution in [2.45, 2.75) is 39.8 Å². The molecule has 2 aromatic carbocycles. The van der Waals surface area contributed by atoms with Crippen LogP contribution < -0.4 is 29.1 Å². The number of nitrogens with zero attached hydrogens (tertiary/aromatic N) is 3. The maximum Gasteiger partial charge on any atom is 0.338 e. The molecule has 1 aliphatic rings. The number of ether oxygens (including phenoxy) is 4. The molecule has 3 aromatic rings.